The number of nitrogens with one attached hydrogen (secondary N) is 2. The Labute approximate surface area is 129 Å². The molecule has 0 aliphatic heterocycles. The number of hydrogen-bond acceptors (Lipinski definition) is 5. The molecule has 0 amide bonds. The molecule has 0 aliphatic rings. The number of benzene rings is 1. The Morgan fingerprint density at radius 2 is 2.10 bits per heavy atom. The van der Waals surface area contributed by atoms with Gasteiger partial charge in [0.2, 0.25) is 0 Å². The van der Waals surface area contributed by atoms with Gasteiger partial charge >= 0.3 is 0 Å². The third-order valence-electron chi connectivity index (χ3n) is 2.71. The second-order valence-electron chi connectivity index (χ2n) is 4.18. The van der Waals surface area contributed by atoms with E-state index in [0.717, 1.165) is 0 Å². The second-order valence-corrected chi connectivity index (χ2v) is 6.69. The summed E-state index contributed by atoms with van der Waals surface area (Å²) in [6.07, 6.45) is 1.41. The lowest BCUT2D eigenvalue weighted by atomic mass is 10.2. The minimum absolute atomic E-state index is 0.0174. The van der Waals surface area contributed by atoms with E-state index in [1.54, 1.807) is 6.92 Å². The highest BCUT2D eigenvalue weighted by Crippen LogP contribution is 2.27. The Kier molecular flexibility index (Phi) is 4.45. The zero-order chi connectivity index (χ0) is 15.6. The van der Waals surface area contributed by atoms with Crippen LogP contribution in [0.2, 0.25) is 0 Å². The van der Waals surface area contributed by atoms with Gasteiger partial charge in [-0.1, -0.05) is 0 Å². The molecular weight excluding hydrogens is 363 g/mol. The second kappa shape index (κ2) is 5.96. The molecule has 0 aliphatic carbocycles. The minimum atomic E-state index is -3.91. The summed E-state index contributed by atoms with van der Waals surface area (Å²) in [7, 11) is -3.91. The lowest BCUT2D eigenvalue weighted by molar-refractivity contribution is 0.600. The van der Waals surface area contributed by atoms with Gasteiger partial charge in [0.1, 0.15) is 10.7 Å². The van der Waals surface area contributed by atoms with E-state index >= 15 is 0 Å². The van der Waals surface area contributed by atoms with Crippen LogP contribution in [0.25, 0.3) is 0 Å². The van der Waals surface area contributed by atoms with Gasteiger partial charge in [-0.3, -0.25) is 4.72 Å². The highest BCUT2D eigenvalue weighted by Gasteiger charge is 2.20. The first-order chi connectivity index (χ1) is 9.85. The zero-order valence-electron chi connectivity index (χ0n) is 10.9. The molecule has 0 saturated heterocycles. The molecule has 1 heterocycles. The molecule has 0 spiro atoms. The van der Waals surface area contributed by atoms with Crippen molar-refractivity contribution in [3.63, 3.8) is 0 Å². The van der Waals surface area contributed by atoms with E-state index in [2.05, 4.69) is 31.1 Å². The summed E-state index contributed by atoms with van der Waals surface area (Å²) >= 11 is 3.02. The van der Waals surface area contributed by atoms with Crippen LogP contribution in [-0.4, -0.2) is 13.4 Å². The van der Waals surface area contributed by atoms with Crippen LogP contribution in [0.4, 0.5) is 15.9 Å². The molecule has 0 bridgehead atoms. The number of sulfonamides is 1. The van der Waals surface area contributed by atoms with Crippen LogP contribution in [0, 0.1) is 12.7 Å². The van der Waals surface area contributed by atoms with Crippen molar-refractivity contribution in [2.75, 3.05) is 10.1 Å². The van der Waals surface area contributed by atoms with Gasteiger partial charge in [0.15, 0.2) is 5.82 Å². The number of nitrogen functional groups attached to an aromatic ring is 1. The Bertz CT molecular complexity index is 783. The van der Waals surface area contributed by atoms with Gasteiger partial charge in [0.05, 0.1) is 10.2 Å². The van der Waals surface area contributed by atoms with Gasteiger partial charge in [-0.05, 0) is 52.7 Å². The van der Waals surface area contributed by atoms with Crippen LogP contribution >= 0.6 is 15.9 Å². The fraction of sp³-hybridized carbons (Fsp3) is 0.0833. The number of rotatable bonds is 4. The van der Waals surface area contributed by atoms with Gasteiger partial charge in [-0.25, -0.2) is 23.6 Å². The lowest BCUT2D eigenvalue weighted by Gasteiger charge is -2.13. The average molecular weight is 375 g/mol. The van der Waals surface area contributed by atoms with Crippen molar-refractivity contribution in [3.8, 4) is 0 Å². The van der Waals surface area contributed by atoms with Crippen molar-refractivity contribution >= 4 is 37.5 Å². The Balaban J connectivity index is 2.45. The SMILES string of the molecule is Cc1cc(F)c(Br)cc1NS(=O)(=O)c1cccnc1NN. The van der Waals surface area contributed by atoms with Crippen molar-refractivity contribution < 1.29 is 12.8 Å². The maximum absolute atomic E-state index is 13.4. The average Bonchev–Trinajstić information content (AvgIpc) is 2.44. The number of anilines is 2. The van der Waals surface area contributed by atoms with Crippen LogP contribution in [0.3, 0.4) is 0 Å². The normalized spacial score (nSPS) is 11.2. The highest BCUT2D eigenvalue weighted by molar-refractivity contribution is 9.10. The minimum Gasteiger partial charge on any atom is -0.307 e. The number of hydrogen-bond donors (Lipinski definition) is 3. The highest BCUT2D eigenvalue weighted by atomic mass is 79.9. The van der Waals surface area contributed by atoms with E-state index in [0.29, 0.717) is 5.56 Å². The van der Waals surface area contributed by atoms with Crippen molar-refractivity contribution in [2.24, 2.45) is 5.84 Å². The quantitative estimate of drug-likeness (QED) is 0.563. The first-order valence-electron chi connectivity index (χ1n) is 5.75. The molecule has 0 fully saturated rings. The zero-order valence-corrected chi connectivity index (χ0v) is 13.3. The molecular formula is C12H12BrFN4O2S. The molecule has 2 rings (SSSR count). The fourth-order valence-electron chi connectivity index (χ4n) is 1.67. The number of aromatic nitrogens is 1. The molecule has 6 nitrogen and oxygen atoms in total. The maximum atomic E-state index is 13.4. The summed E-state index contributed by atoms with van der Waals surface area (Å²) in [6, 6.07) is 5.42. The van der Waals surface area contributed by atoms with Crippen molar-refractivity contribution in [1.29, 1.82) is 0 Å². The van der Waals surface area contributed by atoms with Crippen molar-refractivity contribution in [1.82, 2.24) is 4.98 Å². The van der Waals surface area contributed by atoms with Crippen LogP contribution in [0.5, 0.6) is 0 Å². The lowest BCUT2D eigenvalue weighted by Crippen LogP contribution is -2.19. The summed E-state index contributed by atoms with van der Waals surface area (Å²) in [5.41, 5.74) is 2.93. The van der Waals surface area contributed by atoms with Crippen LogP contribution < -0.4 is 16.0 Å². The first-order valence-corrected chi connectivity index (χ1v) is 8.03. The maximum Gasteiger partial charge on any atom is 0.265 e. The molecule has 0 unspecified atom stereocenters. The standard InChI is InChI=1S/C12H12BrFN4O2S/c1-7-5-9(14)8(13)6-10(7)18-21(19,20)11-3-2-4-16-12(11)17-15/h2-6,18H,15H2,1H3,(H,16,17). The smallest absolute Gasteiger partial charge is 0.265 e. The summed E-state index contributed by atoms with van der Waals surface area (Å²) in [4.78, 5) is 3.73. The Hall–Kier alpha value is -1.71. The van der Waals surface area contributed by atoms with E-state index in [-0.39, 0.29) is 20.9 Å². The summed E-state index contributed by atoms with van der Waals surface area (Å²) in [5, 5.41) is 0. The van der Waals surface area contributed by atoms with Crippen LogP contribution in [0.1, 0.15) is 5.56 Å². The van der Waals surface area contributed by atoms with E-state index in [4.69, 9.17) is 5.84 Å². The van der Waals surface area contributed by atoms with Gasteiger partial charge in [-0.2, -0.15) is 0 Å². The third-order valence-corrected chi connectivity index (χ3v) is 4.71. The van der Waals surface area contributed by atoms with E-state index in [1.807, 2.05) is 0 Å². The molecule has 1 aromatic carbocycles. The number of halogens is 2. The molecule has 0 radical (unpaired) electrons. The van der Waals surface area contributed by atoms with E-state index < -0.39 is 15.8 Å². The molecule has 112 valence electrons. The molecule has 1 aromatic heterocycles. The number of nitrogens with two attached hydrogens (primary N) is 1. The van der Waals surface area contributed by atoms with E-state index in [1.165, 1.54) is 30.5 Å². The molecule has 21 heavy (non-hydrogen) atoms. The van der Waals surface area contributed by atoms with Gasteiger partial charge in [0.25, 0.3) is 10.0 Å². The number of aryl methyl sites for hydroxylation is 1. The Morgan fingerprint density at radius 1 is 1.38 bits per heavy atom. The first kappa shape index (κ1) is 15.7. The Morgan fingerprint density at radius 3 is 2.76 bits per heavy atom. The molecule has 4 N–H and O–H groups in total. The van der Waals surface area contributed by atoms with Gasteiger partial charge in [0, 0.05) is 6.20 Å². The topological polar surface area (TPSA) is 97.1 Å². The summed E-state index contributed by atoms with van der Waals surface area (Å²) in [5.74, 6) is 4.80. The predicted octanol–water partition coefficient (Wildman–Crippen LogP) is 2.38. The van der Waals surface area contributed by atoms with Gasteiger partial charge in [-0.15, -0.1) is 0 Å². The predicted molar refractivity (Wildman–Crippen MR) is 81.7 cm³/mol. The third kappa shape index (κ3) is 3.31. The molecule has 2 aromatic rings. The molecule has 9 heteroatoms. The number of nitrogens with zero attached hydrogens (tertiary/aromatic N) is 1. The summed E-state index contributed by atoms with van der Waals surface area (Å²) in [6.45, 7) is 1.60. The van der Waals surface area contributed by atoms with Gasteiger partial charge < -0.3 is 5.43 Å². The monoisotopic (exact) mass is 374 g/mol. The fourth-order valence-corrected chi connectivity index (χ4v) is 3.26. The molecule has 0 saturated carbocycles. The molecule has 0 atom stereocenters. The van der Waals surface area contributed by atoms with Crippen molar-refractivity contribution in [3.05, 3.63) is 46.3 Å². The summed E-state index contributed by atoms with van der Waals surface area (Å²) < 4.78 is 40.7. The number of hydrazine groups is 1. The number of pyridine rings is 1. The van der Waals surface area contributed by atoms with Crippen LogP contribution in [0.15, 0.2) is 39.8 Å². The largest absolute Gasteiger partial charge is 0.307 e. The van der Waals surface area contributed by atoms with Crippen molar-refractivity contribution in [2.45, 2.75) is 11.8 Å². The van der Waals surface area contributed by atoms with E-state index in [9.17, 15) is 12.8 Å². The van der Waals surface area contributed by atoms with Crippen LogP contribution in [-0.2, 0) is 10.0 Å².